The average Bonchev–Trinajstić information content (AvgIpc) is 3.16. The van der Waals surface area contributed by atoms with Gasteiger partial charge in [0, 0.05) is 5.69 Å². The number of benzene rings is 2. The number of sulfone groups is 1. The SMILES string of the molecule is O=C(CSc1nnnn1-c1ccc(O)cc1)Nc1ccc(S(=O)(=O)C(F)F)cc1. The zero-order valence-electron chi connectivity index (χ0n) is 14.4. The largest absolute Gasteiger partial charge is 0.508 e. The molecule has 3 aromatic rings. The van der Waals surface area contributed by atoms with Crippen molar-refractivity contribution in [2.75, 3.05) is 11.1 Å². The maximum absolute atomic E-state index is 12.5. The molecule has 1 amide bonds. The summed E-state index contributed by atoms with van der Waals surface area (Å²) in [4.78, 5) is 11.6. The van der Waals surface area contributed by atoms with Gasteiger partial charge in [0.25, 0.3) is 0 Å². The number of aromatic nitrogens is 4. The summed E-state index contributed by atoms with van der Waals surface area (Å²) in [6.07, 6.45) is 0. The van der Waals surface area contributed by atoms with Gasteiger partial charge in [-0.1, -0.05) is 11.8 Å². The number of anilines is 1. The highest BCUT2D eigenvalue weighted by atomic mass is 32.2. The Morgan fingerprint density at radius 3 is 2.41 bits per heavy atom. The van der Waals surface area contributed by atoms with Crippen LogP contribution in [0.3, 0.4) is 0 Å². The first-order chi connectivity index (χ1) is 13.8. The number of hydrogen-bond donors (Lipinski definition) is 2. The van der Waals surface area contributed by atoms with Gasteiger partial charge in [0.1, 0.15) is 5.75 Å². The highest BCUT2D eigenvalue weighted by Gasteiger charge is 2.26. The fourth-order valence-corrected chi connectivity index (χ4v) is 3.59. The molecule has 0 fully saturated rings. The fraction of sp³-hybridized carbons (Fsp3) is 0.125. The van der Waals surface area contributed by atoms with Crippen molar-refractivity contribution in [1.82, 2.24) is 20.2 Å². The van der Waals surface area contributed by atoms with Gasteiger partial charge >= 0.3 is 5.76 Å². The Kier molecular flexibility index (Phi) is 6.08. The summed E-state index contributed by atoms with van der Waals surface area (Å²) in [5.74, 6) is -3.92. The summed E-state index contributed by atoms with van der Waals surface area (Å²) in [6, 6.07) is 10.6. The molecule has 0 unspecified atom stereocenters. The lowest BCUT2D eigenvalue weighted by Gasteiger charge is -2.07. The van der Waals surface area contributed by atoms with Crippen molar-refractivity contribution in [3.8, 4) is 11.4 Å². The van der Waals surface area contributed by atoms with Gasteiger partial charge in [0.15, 0.2) is 0 Å². The van der Waals surface area contributed by atoms with Crippen molar-refractivity contribution in [2.24, 2.45) is 0 Å². The summed E-state index contributed by atoms with van der Waals surface area (Å²) in [7, 11) is -4.69. The van der Waals surface area contributed by atoms with Crippen molar-refractivity contribution in [1.29, 1.82) is 0 Å². The highest BCUT2D eigenvalue weighted by Crippen LogP contribution is 2.22. The lowest BCUT2D eigenvalue weighted by molar-refractivity contribution is -0.113. The van der Waals surface area contributed by atoms with E-state index in [0.717, 1.165) is 23.9 Å². The van der Waals surface area contributed by atoms with Crippen LogP contribution >= 0.6 is 11.8 Å². The van der Waals surface area contributed by atoms with Gasteiger partial charge in [0.05, 0.1) is 16.3 Å². The van der Waals surface area contributed by atoms with Crippen LogP contribution in [0.1, 0.15) is 0 Å². The molecule has 0 spiro atoms. The third kappa shape index (κ3) is 4.86. The number of amides is 1. The van der Waals surface area contributed by atoms with Crippen LogP contribution in [0.25, 0.3) is 5.69 Å². The predicted molar refractivity (Wildman–Crippen MR) is 99.8 cm³/mol. The molecular weight excluding hydrogens is 428 g/mol. The lowest BCUT2D eigenvalue weighted by atomic mass is 10.3. The van der Waals surface area contributed by atoms with Gasteiger partial charge in [-0.25, -0.2) is 8.42 Å². The van der Waals surface area contributed by atoms with Crippen molar-refractivity contribution >= 4 is 33.2 Å². The quantitative estimate of drug-likeness (QED) is 0.534. The summed E-state index contributed by atoms with van der Waals surface area (Å²) in [5, 5.41) is 23.4. The van der Waals surface area contributed by atoms with Gasteiger partial charge in [-0.05, 0) is 59.0 Å². The number of thioether (sulfide) groups is 1. The number of aromatic hydroxyl groups is 1. The summed E-state index contributed by atoms with van der Waals surface area (Å²) < 4.78 is 49.2. The molecule has 3 rings (SSSR count). The second-order valence-corrected chi connectivity index (χ2v) is 8.42. The standard InChI is InChI=1S/C16H13F2N5O4S2/c17-15(18)29(26,27)13-7-1-10(2-8-13)19-14(25)9-28-16-20-21-22-23(16)11-3-5-12(24)6-4-11/h1-8,15,24H,9H2,(H,19,25). The van der Waals surface area contributed by atoms with E-state index in [9.17, 15) is 27.1 Å². The molecule has 1 heterocycles. The van der Waals surface area contributed by atoms with Crippen molar-refractivity contribution in [3.63, 3.8) is 0 Å². The molecule has 0 saturated heterocycles. The van der Waals surface area contributed by atoms with Gasteiger partial charge in [0.2, 0.25) is 20.9 Å². The number of nitrogens with one attached hydrogen (secondary N) is 1. The number of carbonyl (C=O) groups excluding carboxylic acids is 1. The molecule has 29 heavy (non-hydrogen) atoms. The number of carbonyl (C=O) groups is 1. The Balaban J connectivity index is 1.61. The first kappa shape index (κ1) is 20.7. The first-order valence-corrected chi connectivity index (χ1v) is 10.4. The van der Waals surface area contributed by atoms with E-state index in [-0.39, 0.29) is 17.2 Å². The Morgan fingerprint density at radius 2 is 1.79 bits per heavy atom. The zero-order valence-corrected chi connectivity index (χ0v) is 16.1. The van der Waals surface area contributed by atoms with Crippen molar-refractivity contribution < 1.29 is 27.1 Å². The predicted octanol–water partition coefficient (Wildman–Crippen LogP) is 2.09. The van der Waals surface area contributed by atoms with E-state index in [0.29, 0.717) is 10.8 Å². The van der Waals surface area contributed by atoms with E-state index in [4.69, 9.17) is 0 Å². The van der Waals surface area contributed by atoms with Gasteiger partial charge in [-0.3, -0.25) is 4.79 Å². The van der Waals surface area contributed by atoms with Crippen LogP contribution in [-0.2, 0) is 14.6 Å². The van der Waals surface area contributed by atoms with E-state index >= 15 is 0 Å². The Morgan fingerprint density at radius 1 is 1.14 bits per heavy atom. The number of nitrogens with zero attached hydrogens (tertiary/aromatic N) is 4. The fourth-order valence-electron chi connectivity index (χ4n) is 2.18. The minimum Gasteiger partial charge on any atom is -0.508 e. The van der Waals surface area contributed by atoms with Crippen LogP contribution in [0.4, 0.5) is 14.5 Å². The topological polar surface area (TPSA) is 127 Å². The average molecular weight is 441 g/mol. The Hall–Kier alpha value is -3.06. The van der Waals surface area contributed by atoms with Crippen LogP contribution < -0.4 is 5.32 Å². The Labute approximate surface area is 167 Å². The monoisotopic (exact) mass is 441 g/mol. The van der Waals surface area contributed by atoms with E-state index in [1.807, 2.05) is 0 Å². The van der Waals surface area contributed by atoms with Crippen LogP contribution in [0.15, 0.2) is 58.6 Å². The smallest absolute Gasteiger partial charge is 0.341 e. The minimum atomic E-state index is -4.69. The summed E-state index contributed by atoms with van der Waals surface area (Å²) in [6.45, 7) is 0. The van der Waals surface area contributed by atoms with Crippen LogP contribution in [0.2, 0.25) is 0 Å². The normalized spacial score (nSPS) is 11.6. The number of tetrazole rings is 1. The van der Waals surface area contributed by atoms with Crippen LogP contribution in [-0.4, -0.2) is 51.1 Å². The molecular formula is C16H13F2N5O4S2. The molecule has 0 aliphatic heterocycles. The lowest BCUT2D eigenvalue weighted by Crippen LogP contribution is -2.15. The second-order valence-electron chi connectivity index (χ2n) is 5.56. The van der Waals surface area contributed by atoms with E-state index < -0.39 is 26.4 Å². The summed E-state index contributed by atoms with van der Waals surface area (Å²) in [5.41, 5.74) is 0.841. The number of halogens is 2. The highest BCUT2D eigenvalue weighted by molar-refractivity contribution is 7.99. The van der Waals surface area contributed by atoms with Crippen molar-refractivity contribution in [3.05, 3.63) is 48.5 Å². The molecule has 0 radical (unpaired) electrons. The van der Waals surface area contributed by atoms with Gasteiger partial charge < -0.3 is 10.4 Å². The maximum Gasteiger partial charge on any atom is 0.341 e. The third-order valence-corrected chi connectivity index (χ3v) is 5.89. The molecule has 1 aromatic heterocycles. The number of alkyl halides is 2. The second kappa shape index (κ2) is 8.53. The van der Waals surface area contributed by atoms with E-state index in [1.165, 1.54) is 28.9 Å². The number of phenolic OH excluding ortho intramolecular Hbond substituents is 1. The molecule has 2 N–H and O–H groups in total. The molecule has 0 aliphatic carbocycles. The Bertz CT molecular complexity index is 1100. The third-order valence-electron chi connectivity index (χ3n) is 3.57. The number of rotatable bonds is 7. The summed E-state index contributed by atoms with van der Waals surface area (Å²) >= 11 is 1.05. The van der Waals surface area contributed by atoms with Crippen molar-refractivity contribution in [2.45, 2.75) is 15.8 Å². The minimum absolute atomic E-state index is 0.0600. The van der Waals surface area contributed by atoms with Crippen LogP contribution in [0.5, 0.6) is 5.75 Å². The van der Waals surface area contributed by atoms with Gasteiger partial charge in [-0.2, -0.15) is 13.5 Å². The van der Waals surface area contributed by atoms with E-state index in [2.05, 4.69) is 20.8 Å². The maximum atomic E-state index is 12.5. The van der Waals surface area contributed by atoms with E-state index in [1.54, 1.807) is 12.1 Å². The number of phenols is 1. The zero-order chi connectivity index (χ0) is 21.0. The van der Waals surface area contributed by atoms with Gasteiger partial charge in [-0.15, -0.1) is 5.10 Å². The van der Waals surface area contributed by atoms with Crippen LogP contribution in [0, 0.1) is 0 Å². The first-order valence-electron chi connectivity index (χ1n) is 7.90. The molecule has 9 nitrogen and oxygen atoms in total. The molecule has 0 saturated carbocycles. The molecule has 0 atom stereocenters. The molecule has 0 aliphatic rings. The number of hydrogen-bond acceptors (Lipinski definition) is 8. The molecule has 13 heteroatoms. The molecule has 0 bridgehead atoms. The molecule has 2 aromatic carbocycles. The molecule has 152 valence electrons.